The Hall–Kier alpha value is -3.42. The van der Waals surface area contributed by atoms with Crippen molar-refractivity contribution in [2.24, 2.45) is 5.92 Å². The highest BCUT2D eigenvalue weighted by Gasteiger charge is 2.22. The van der Waals surface area contributed by atoms with Crippen molar-refractivity contribution in [1.29, 1.82) is 0 Å². The van der Waals surface area contributed by atoms with E-state index >= 15 is 0 Å². The fourth-order valence-corrected chi connectivity index (χ4v) is 3.00. The van der Waals surface area contributed by atoms with E-state index in [0.29, 0.717) is 36.0 Å². The molecule has 1 heterocycles. The Bertz CT molecular complexity index is 924. The molecule has 1 aliphatic heterocycles. The van der Waals surface area contributed by atoms with Gasteiger partial charge in [-0.15, -0.1) is 0 Å². The number of nitrogens with zero attached hydrogens (tertiary/aromatic N) is 2. The van der Waals surface area contributed by atoms with E-state index < -0.39 is 4.92 Å². The summed E-state index contributed by atoms with van der Waals surface area (Å²) in [6.07, 6.45) is 0.900. The van der Waals surface area contributed by atoms with Gasteiger partial charge in [-0.1, -0.05) is 13.8 Å². The van der Waals surface area contributed by atoms with Crippen LogP contribution in [0.4, 0.5) is 11.4 Å². The maximum Gasteiger partial charge on any atom is 0.269 e. The van der Waals surface area contributed by atoms with Gasteiger partial charge in [-0.25, -0.2) is 0 Å². The molecule has 29 heavy (non-hydrogen) atoms. The smallest absolute Gasteiger partial charge is 0.269 e. The lowest BCUT2D eigenvalue weighted by molar-refractivity contribution is -0.384. The van der Waals surface area contributed by atoms with Gasteiger partial charge in [-0.2, -0.15) is 0 Å². The predicted octanol–water partition coefficient (Wildman–Crippen LogP) is 3.61. The van der Waals surface area contributed by atoms with Crippen molar-refractivity contribution in [2.75, 3.05) is 18.5 Å². The maximum absolute atomic E-state index is 12.4. The molecule has 0 unspecified atom stereocenters. The van der Waals surface area contributed by atoms with E-state index in [4.69, 9.17) is 4.74 Å². The Balaban J connectivity index is 1.74. The molecule has 0 fully saturated rings. The van der Waals surface area contributed by atoms with Gasteiger partial charge >= 0.3 is 0 Å². The van der Waals surface area contributed by atoms with Crippen LogP contribution in [0, 0.1) is 16.0 Å². The predicted molar refractivity (Wildman–Crippen MR) is 108 cm³/mol. The van der Waals surface area contributed by atoms with Crippen molar-refractivity contribution >= 4 is 23.2 Å². The Kier molecular flexibility index (Phi) is 6.11. The molecule has 3 rings (SSSR count). The number of hydrogen-bond donors (Lipinski definition) is 1. The first-order valence-electron chi connectivity index (χ1n) is 9.43. The topological polar surface area (TPSA) is 102 Å². The molecule has 8 nitrogen and oxygen atoms in total. The van der Waals surface area contributed by atoms with E-state index in [1.807, 2.05) is 0 Å². The standard InChI is InChI=1S/C21H23N3O5/c1-14(2)9-10-23-12-16-11-17(5-8-19(16)29-13-20(23)25)22-21(26)15-3-6-18(7-4-15)24(27)28/h3-8,11,14H,9-10,12-13H2,1-2H3,(H,22,26). The summed E-state index contributed by atoms with van der Waals surface area (Å²) < 4.78 is 5.61. The Morgan fingerprint density at radius 2 is 1.97 bits per heavy atom. The summed E-state index contributed by atoms with van der Waals surface area (Å²) in [4.78, 5) is 36.7. The molecule has 8 heteroatoms. The number of nitrogens with one attached hydrogen (secondary N) is 1. The molecular formula is C21H23N3O5. The fourth-order valence-electron chi connectivity index (χ4n) is 3.00. The zero-order valence-electron chi connectivity index (χ0n) is 16.4. The average molecular weight is 397 g/mol. The highest BCUT2D eigenvalue weighted by atomic mass is 16.6. The summed E-state index contributed by atoms with van der Waals surface area (Å²) in [6, 6.07) is 10.6. The van der Waals surface area contributed by atoms with E-state index in [2.05, 4.69) is 19.2 Å². The van der Waals surface area contributed by atoms with E-state index in [0.717, 1.165) is 12.0 Å². The third-order valence-corrected chi connectivity index (χ3v) is 4.70. The molecule has 0 aromatic heterocycles. The summed E-state index contributed by atoms with van der Waals surface area (Å²) in [6.45, 7) is 5.29. The Morgan fingerprint density at radius 3 is 2.62 bits per heavy atom. The normalized spacial score (nSPS) is 13.5. The highest BCUT2D eigenvalue weighted by Crippen LogP contribution is 2.27. The molecule has 0 saturated carbocycles. The molecule has 0 saturated heterocycles. The van der Waals surface area contributed by atoms with Gasteiger partial charge in [0.25, 0.3) is 17.5 Å². The van der Waals surface area contributed by atoms with E-state index in [9.17, 15) is 19.7 Å². The lowest BCUT2D eigenvalue weighted by atomic mass is 10.1. The van der Waals surface area contributed by atoms with Crippen LogP contribution in [0.5, 0.6) is 5.75 Å². The molecule has 2 aromatic rings. The molecule has 0 atom stereocenters. The molecule has 0 aliphatic carbocycles. The monoisotopic (exact) mass is 397 g/mol. The van der Waals surface area contributed by atoms with Crippen molar-refractivity contribution in [1.82, 2.24) is 4.90 Å². The number of benzene rings is 2. The summed E-state index contributed by atoms with van der Waals surface area (Å²) in [5.74, 6) is 0.679. The number of carbonyl (C=O) groups excluding carboxylic acids is 2. The van der Waals surface area contributed by atoms with Crippen LogP contribution < -0.4 is 10.1 Å². The molecular weight excluding hydrogens is 374 g/mol. The van der Waals surface area contributed by atoms with Crippen molar-refractivity contribution in [3.05, 3.63) is 63.7 Å². The minimum atomic E-state index is -0.513. The number of amides is 2. The second-order valence-corrected chi connectivity index (χ2v) is 7.37. The van der Waals surface area contributed by atoms with Crippen LogP contribution in [0.3, 0.4) is 0 Å². The third kappa shape index (κ3) is 5.10. The first kappa shape index (κ1) is 20.3. The average Bonchev–Trinajstić information content (AvgIpc) is 2.85. The molecule has 0 bridgehead atoms. The van der Waals surface area contributed by atoms with Crippen molar-refractivity contribution in [2.45, 2.75) is 26.8 Å². The van der Waals surface area contributed by atoms with Gasteiger partial charge in [-0.05, 0) is 42.7 Å². The van der Waals surface area contributed by atoms with Gasteiger partial charge in [0.05, 0.1) is 4.92 Å². The van der Waals surface area contributed by atoms with E-state index in [-0.39, 0.29) is 24.1 Å². The van der Waals surface area contributed by atoms with Crippen LogP contribution in [0.25, 0.3) is 0 Å². The van der Waals surface area contributed by atoms with Gasteiger partial charge in [0, 0.05) is 42.0 Å². The van der Waals surface area contributed by atoms with Crippen LogP contribution >= 0.6 is 0 Å². The van der Waals surface area contributed by atoms with Crippen LogP contribution in [0.15, 0.2) is 42.5 Å². The first-order chi connectivity index (χ1) is 13.8. The van der Waals surface area contributed by atoms with Crippen LogP contribution in [-0.4, -0.2) is 34.8 Å². The molecule has 2 amide bonds. The number of ether oxygens (including phenoxy) is 1. The van der Waals surface area contributed by atoms with Gasteiger partial charge in [0.1, 0.15) is 5.75 Å². The van der Waals surface area contributed by atoms with E-state index in [1.165, 1.54) is 24.3 Å². The number of nitro benzene ring substituents is 1. The minimum absolute atomic E-state index is 0.000401. The SMILES string of the molecule is CC(C)CCN1Cc2cc(NC(=O)c3ccc([N+](=O)[O-])cc3)ccc2OCC1=O. The molecule has 152 valence electrons. The molecule has 0 spiro atoms. The lowest BCUT2D eigenvalue weighted by Crippen LogP contribution is -2.33. The second-order valence-electron chi connectivity index (χ2n) is 7.37. The van der Waals surface area contributed by atoms with Crippen molar-refractivity contribution < 1.29 is 19.2 Å². The Labute approximate surface area is 168 Å². The lowest BCUT2D eigenvalue weighted by Gasteiger charge is -2.21. The third-order valence-electron chi connectivity index (χ3n) is 4.70. The fraction of sp³-hybridized carbons (Fsp3) is 0.333. The number of non-ortho nitro benzene ring substituents is 1. The first-order valence-corrected chi connectivity index (χ1v) is 9.43. The number of anilines is 1. The van der Waals surface area contributed by atoms with Crippen LogP contribution in [0.2, 0.25) is 0 Å². The van der Waals surface area contributed by atoms with Gasteiger partial charge < -0.3 is 15.0 Å². The minimum Gasteiger partial charge on any atom is -0.483 e. The summed E-state index contributed by atoms with van der Waals surface area (Å²) in [5, 5.41) is 13.5. The number of fused-ring (bicyclic) bond motifs is 1. The molecule has 2 aromatic carbocycles. The largest absolute Gasteiger partial charge is 0.483 e. The zero-order chi connectivity index (χ0) is 21.0. The van der Waals surface area contributed by atoms with Crippen molar-refractivity contribution in [3.8, 4) is 5.75 Å². The molecule has 0 radical (unpaired) electrons. The summed E-state index contributed by atoms with van der Waals surface area (Å²) in [7, 11) is 0. The van der Waals surface area contributed by atoms with Gasteiger partial charge in [0.2, 0.25) is 0 Å². The second kappa shape index (κ2) is 8.72. The van der Waals surface area contributed by atoms with Crippen molar-refractivity contribution in [3.63, 3.8) is 0 Å². The molecule has 1 N–H and O–H groups in total. The van der Waals surface area contributed by atoms with Crippen LogP contribution in [-0.2, 0) is 11.3 Å². The number of carbonyl (C=O) groups is 2. The number of nitro groups is 1. The zero-order valence-corrected chi connectivity index (χ0v) is 16.4. The van der Waals surface area contributed by atoms with Crippen LogP contribution in [0.1, 0.15) is 36.2 Å². The Morgan fingerprint density at radius 1 is 1.24 bits per heavy atom. The summed E-state index contributed by atoms with van der Waals surface area (Å²) in [5.41, 5.74) is 1.63. The molecule has 1 aliphatic rings. The summed E-state index contributed by atoms with van der Waals surface area (Å²) >= 11 is 0. The quantitative estimate of drug-likeness (QED) is 0.593. The number of hydrogen-bond acceptors (Lipinski definition) is 5. The van der Waals surface area contributed by atoms with E-state index in [1.54, 1.807) is 23.1 Å². The van der Waals surface area contributed by atoms with Gasteiger partial charge in [-0.3, -0.25) is 19.7 Å². The number of rotatable bonds is 6. The maximum atomic E-state index is 12.4. The highest BCUT2D eigenvalue weighted by molar-refractivity contribution is 6.04. The van der Waals surface area contributed by atoms with Gasteiger partial charge in [0.15, 0.2) is 6.61 Å².